The van der Waals surface area contributed by atoms with E-state index in [0.717, 1.165) is 5.56 Å². The highest BCUT2D eigenvalue weighted by Crippen LogP contribution is 2.26. The van der Waals surface area contributed by atoms with Gasteiger partial charge in [-0.25, -0.2) is 4.39 Å². The van der Waals surface area contributed by atoms with Gasteiger partial charge >= 0.3 is 0 Å². The fourth-order valence-corrected chi connectivity index (χ4v) is 3.21. The molecule has 0 spiro atoms. The number of ketones is 1. The minimum absolute atomic E-state index is 0.0882. The molecule has 0 fully saturated rings. The van der Waals surface area contributed by atoms with Gasteiger partial charge in [-0.1, -0.05) is 64.5 Å². The van der Waals surface area contributed by atoms with Gasteiger partial charge in [0.25, 0.3) is 5.91 Å². The summed E-state index contributed by atoms with van der Waals surface area (Å²) in [6.45, 7) is 1.20. The maximum atomic E-state index is 14.6. The highest BCUT2D eigenvalue weighted by Gasteiger charge is 2.20. The lowest BCUT2D eigenvalue weighted by Crippen LogP contribution is -2.33. The van der Waals surface area contributed by atoms with Crippen molar-refractivity contribution in [3.63, 3.8) is 0 Å². The van der Waals surface area contributed by atoms with E-state index in [1.807, 2.05) is 30.3 Å². The Labute approximate surface area is 176 Å². The van der Waals surface area contributed by atoms with Crippen molar-refractivity contribution in [3.8, 4) is 5.75 Å². The Bertz CT molecular complexity index is 1020. The number of carbonyl (C=O) groups is 2. The van der Waals surface area contributed by atoms with Crippen molar-refractivity contribution in [2.24, 2.45) is 0 Å². The lowest BCUT2D eigenvalue weighted by atomic mass is 9.98. The number of hydrogen-bond acceptors (Lipinski definition) is 3. The van der Waals surface area contributed by atoms with E-state index >= 15 is 0 Å². The van der Waals surface area contributed by atoms with Crippen molar-refractivity contribution in [3.05, 3.63) is 99.8 Å². The third-order valence-electron chi connectivity index (χ3n) is 4.32. The van der Waals surface area contributed by atoms with Crippen molar-refractivity contribution >= 4 is 27.6 Å². The molecule has 0 radical (unpaired) electrons. The average molecular weight is 456 g/mol. The zero-order valence-electron chi connectivity index (χ0n) is 15.7. The van der Waals surface area contributed by atoms with E-state index in [4.69, 9.17) is 4.74 Å². The molecule has 1 unspecified atom stereocenters. The molecule has 0 aliphatic carbocycles. The number of nitrogens with one attached hydrogen (secondary N) is 1. The van der Waals surface area contributed by atoms with E-state index in [2.05, 4.69) is 21.2 Å². The van der Waals surface area contributed by atoms with Crippen LogP contribution in [0.5, 0.6) is 5.75 Å². The highest BCUT2D eigenvalue weighted by molar-refractivity contribution is 9.10. The quantitative estimate of drug-likeness (QED) is 0.505. The van der Waals surface area contributed by atoms with Crippen molar-refractivity contribution in [2.75, 3.05) is 6.61 Å². The molecule has 3 aromatic rings. The van der Waals surface area contributed by atoms with Gasteiger partial charge in [0.05, 0.1) is 6.04 Å². The van der Waals surface area contributed by atoms with Crippen LogP contribution in [0.25, 0.3) is 0 Å². The Kier molecular flexibility index (Phi) is 6.77. The molecular formula is C23H19BrFNO3. The molecule has 0 saturated carbocycles. The van der Waals surface area contributed by atoms with Gasteiger partial charge in [0, 0.05) is 15.6 Å². The molecule has 3 aromatic carbocycles. The summed E-state index contributed by atoms with van der Waals surface area (Å²) >= 11 is 3.25. The minimum atomic E-state index is -0.663. The van der Waals surface area contributed by atoms with E-state index in [0.29, 0.717) is 21.3 Å². The van der Waals surface area contributed by atoms with Crippen LogP contribution in [-0.4, -0.2) is 18.3 Å². The van der Waals surface area contributed by atoms with Crippen LogP contribution in [0.1, 0.15) is 34.5 Å². The van der Waals surface area contributed by atoms with Crippen LogP contribution in [0, 0.1) is 5.82 Å². The fourth-order valence-electron chi connectivity index (χ4n) is 2.88. The van der Waals surface area contributed by atoms with Gasteiger partial charge in [-0.2, -0.15) is 0 Å². The second-order valence-corrected chi connectivity index (χ2v) is 7.37. The van der Waals surface area contributed by atoms with Gasteiger partial charge in [0.15, 0.2) is 12.4 Å². The molecule has 29 heavy (non-hydrogen) atoms. The number of carbonyl (C=O) groups excluding carboxylic acids is 2. The monoisotopic (exact) mass is 455 g/mol. The first-order valence-electron chi connectivity index (χ1n) is 8.97. The van der Waals surface area contributed by atoms with Crippen molar-refractivity contribution in [1.82, 2.24) is 5.32 Å². The first kappa shape index (κ1) is 20.7. The Balaban J connectivity index is 1.76. The number of halogens is 2. The molecule has 148 valence electrons. The predicted octanol–water partition coefficient (Wildman–Crippen LogP) is 5.08. The minimum Gasteiger partial charge on any atom is -0.484 e. The standard InChI is InChI=1S/C23H19BrFNO3/c1-15(27)17-8-5-9-19(12-17)29-14-22(28)26-23(16-6-3-2-4-7-16)20-11-10-18(24)13-21(20)25/h2-13,23H,14H2,1H3,(H,26,28). The molecule has 6 heteroatoms. The maximum Gasteiger partial charge on any atom is 0.258 e. The molecule has 0 saturated heterocycles. The van der Waals surface area contributed by atoms with Gasteiger partial charge in [0.2, 0.25) is 0 Å². The van der Waals surface area contributed by atoms with Gasteiger partial charge in [-0.3, -0.25) is 9.59 Å². The third kappa shape index (κ3) is 5.51. The lowest BCUT2D eigenvalue weighted by molar-refractivity contribution is -0.123. The Hall–Kier alpha value is -2.99. The van der Waals surface area contributed by atoms with Gasteiger partial charge < -0.3 is 10.1 Å². The molecule has 0 aromatic heterocycles. The summed E-state index contributed by atoms with van der Waals surface area (Å²) in [5.74, 6) is -0.508. The smallest absolute Gasteiger partial charge is 0.258 e. The van der Waals surface area contributed by atoms with Crippen molar-refractivity contribution in [2.45, 2.75) is 13.0 Å². The summed E-state index contributed by atoms with van der Waals surface area (Å²) in [5, 5.41) is 2.83. The lowest BCUT2D eigenvalue weighted by Gasteiger charge is -2.21. The summed E-state index contributed by atoms with van der Waals surface area (Å²) in [6.07, 6.45) is 0. The average Bonchev–Trinajstić information content (AvgIpc) is 2.72. The number of benzene rings is 3. The Morgan fingerprint density at radius 3 is 2.48 bits per heavy atom. The van der Waals surface area contributed by atoms with Gasteiger partial charge in [-0.05, 0) is 36.8 Å². The third-order valence-corrected chi connectivity index (χ3v) is 4.82. The largest absolute Gasteiger partial charge is 0.484 e. The van der Waals surface area contributed by atoms with E-state index in [1.165, 1.54) is 13.0 Å². The van der Waals surface area contributed by atoms with Crippen LogP contribution in [0.15, 0.2) is 77.3 Å². The molecule has 3 rings (SSSR count). The zero-order chi connectivity index (χ0) is 20.8. The summed E-state index contributed by atoms with van der Waals surface area (Å²) in [7, 11) is 0. The second kappa shape index (κ2) is 9.47. The first-order valence-corrected chi connectivity index (χ1v) is 9.76. The fraction of sp³-hybridized carbons (Fsp3) is 0.130. The Morgan fingerprint density at radius 1 is 1.03 bits per heavy atom. The van der Waals surface area contributed by atoms with Gasteiger partial charge in [-0.15, -0.1) is 0 Å². The van der Waals surface area contributed by atoms with Crippen LogP contribution in [0.2, 0.25) is 0 Å². The maximum absolute atomic E-state index is 14.6. The Morgan fingerprint density at radius 2 is 1.79 bits per heavy atom. The zero-order valence-corrected chi connectivity index (χ0v) is 17.3. The number of hydrogen-bond donors (Lipinski definition) is 1. The molecule has 0 heterocycles. The molecule has 1 amide bonds. The summed E-state index contributed by atoms with van der Waals surface area (Å²) in [6, 6.07) is 19.8. The summed E-state index contributed by atoms with van der Waals surface area (Å²) in [5.41, 5.74) is 1.61. The molecule has 0 bridgehead atoms. The topological polar surface area (TPSA) is 55.4 Å². The molecule has 4 nitrogen and oxygen atoms in total. The van der Waals surface area contributed by atoms with Crippen LogP contribution < -0.4 is 10.1 Å². The predicted molar refractivity (Wildman–Crippen MR) is 112 cm³/mol. The molecule has 1 atom stereocenters. The number of rotatable bonds is 7. The van der Waals surface area contributed by atoms with Crippen LogP contribution in [0.4, 0.5) is 4.39 Å². The van der Waals surface area contributed by atoms with E-state index in [1.54, 1.807) is 36.4 Å². The second-order valence-electron chi connectivity index (χ2n) is 6.45. The number of Topliss-reactive ketones (excluding diaryl/α,β-unsaturated/α-hetero) is 1. The first-order chi connectivity index (χ1) is 13.9. The van der Waals surface area contributed by atoms with Crippen LogP contribution in [0.3, 0.4) is 0 Å². The molecular weight excluding hydrogens is 437 g/mol. The van der Waals surface area contributed by atoms with E-state index in [9.17, 15) is 14.0 Å². The van der Waals surface area contributed by atoms with Crippen LogP contribution in [-0.2, 0) is 4.79 Å². The summed E-state index contributed by atoms with van der Waals surface area (Å²) in [4.78, 5) is 24.0. The molecule has 0 aliphatic rings. The number of ether oxygens (including phenoxy) is 1. The highest BCUT2D eigenvalue weighted by atomic mass is 79.9. The SMILES string of the molecule is CC(=O)c1cccc(OCC(=O)NC(c2ccccc2)c2ccc(Br)cc2F)c1. The van der Waals surface area contributed by atoms with E-state index < -0.39 is 17.8 Å². The van der Waals surface area contributed by atoms with Crippen LogP contribution >= 0.6 is 15.9 Å². The van der Waals surface area contributed by atoms with E-state index in [-0.39, 0.29) is 12.4 Å². The number of amides is 1. The normalized spacial score (nSPS) is 11.6. The molecule has 0 aliphatic heterocycles. The van der Waals surface area contributed by atoms with Crippen molar-refractivity contribution in [1.29, 1.82) is 0 Å². The van der Waals surface area contributed by atoms with Gasteiger partial charge in [0.1, 0.15) is 11.6 Å². The van der Waals surface area contributed by atoms with Crippen molar-refractivity contribution < 1.29 is 18.7 Å². The molecule has 1 N–H and O–H groups in total. The summed E-state index contributed by atoms with van der Waals surface area (Å²) < 4.78 is 20.7.